The molecule has 3 N–H and O–H groups in total. The van der Waals surface area contributed by atoms with Crippen LogP contribution >= 0.6 is 0 Å². The third-order valence-corrected chi connectivity index (χ3v) is 2.84. The normalized spacial score (nSPS) is 12.2. The van der Waals surface area contributed by atoms with E-state index < -0.39 is 0 Å². The van der Waals surface area contributed by atoms with Gasteiger partial charge in [0.05, 0.1) is 22.6 Å². The molecule has 4 heteroatoms. The van der Waals surface area contributed by atoms with Crippen molar-refractivity contribution in [3.8, 4) is 0 Å². The topological polar surface area (TPSA) is 67.1 Å². The van der Waals surface area contributed by atoms with Crippen molar-refractivity contribution >= 4 is 22.6 Å². The molecule has 4 nitrogen and oxygen atoms in total. The summed E-state index contributed by atoms with van der Waals surface area (Å²) in [5, 5.41) is 0. The number of nitrogens with two attached hydrogens (primary N) is 1. The molecule has 2 rings (SSSR count). The van der Waals surface area contributed by atoms with Gasteiger partial charge in [-0.25, -0.2) is 9.98 Å². The number of hydrogen-bond donors (Lipinski definition) is 2. The molecule has 0 aliphatic carbocycles. The number of aromatic nitrogens is 2. The predicted octanol–water partition coefficient (Wildman–Crippen LogP) is 3.30. The summed E-state index contributed by atoms with van der Waals surface area (Å²) in [5.74, 6) is 1.63. The summed E-state index contributed by atoms with van der Waals surface area (Å²) in [5.41, 5.74) is 8.47. The van der Waals surface area contributed by atoms with Crippen LogP contribution in [0.3, 0.4) is 0 Å². The first-order chi connectivity index (χ1) is 8.69. The number of hydrogen-bond acceptors (Lipinski definition) is 2. The molecule has 1 aromatic carbocycles. The molecule has 0 atom stereocenters. The fourth-order valence-electron chi connectivity index (χ4n) is 1.98. The fourth-order valence-corrected chi connectivity index (χ4v) is 1.98. The molecule has 0 amide bonds. The number of aromatic amines is 1. The van der Waals surface area contributed by atoms with Crippen molar-refractivity contribution in [3.63, 3.8) is 0 Å². The minimum Gasteiger partial charge on any atom is -0.387 e. The van der Waals surface area contributed by atoms with Gasteiger partial charge in [-0.15, -0.1) is 0 Å². The Balaban J connectivity index is 2.20. The van der Waals surface area contributed by atoms with Crippen LogP contribution in [0.5, 0.6) is 0 Å². The smallest absolute Gasteiger partial charge is 0.107 e. The molecule has 0 spiro atoms. The number of aliphatic imine (C=N–C) groups is 1. The zero-order chi connectivity index (χ0) is 13.0. The summed E-state index contributed by atoms with van der Waals surface area (Å²) in [6, 6.07) is 5.91. The number of amidine groups is 1. The van der Waals surface area contributed by atoms with Crippen LogP contribution in [-0.2, 0) is 6.42 Å². The van der Waals surface area contributed by atoms with E-state index in [1.54, 1.807) is 6.92 Å². The van der Waals surface area contributed by atoms with Crippen LogP contribution in [0.2, 0.25) is 0 Å². The number of aryl methyl sites for hydroxylation is 1. The molecule has 0 unspecified atom stereocenters. The van der Waals surface area contributed by atoms with Crippen molar-refractivity contribution in [2.75, 3.05) is 0 Å². The molecule has 0 aliphatic heterocycles. The maximum atomic E-state index is 5.58. The van der Waals surface area contributed by atoms with E-state index in [0.717, 1.165) is 29.0 Å². The van der Waals surface area contributed by atoms with Gasteiger partial charge < -0.3 is 10.7 Å². The molecule has 96 valence electrons. The second kappa shape index (κ2) is 5.67. The highest BCUT2D eigenvalue weighted by atomic mass is 14.9. The summed E-state index contributed by atoms with van der Waals surface area (Å²) < 4.78 is 0. The van der Waals surface area contributed by atoms with E-state index >= 15 is 0 Å². The Kier molecular flexibility index (Phi) is 3.97. The lowest BCUT2D eigenvalue weighted by molar-refractivity contribution is 0.700. The van der Waals surface area contributed by atoms with Gasteiger partial charge in [-0.1, -0.05) is 19.8 Å². The molecule has 18 heavy (non-hydrogen) atoms. The van der Waals surface area contributed by atoms with Crippen LogP contribution < -0.4 is 5.73 Å². The highest BCUT2D eigenvalue weighted by molar-refractivity contribution is 5.84. The SMILES string of the molecule is CCCCCc1nc2ccc(N=C(C)N)cc2[nH]1. The minimum absolute atomic E-state index is 0.567. The monoisotopic (exact) mass is 244 g/mol. The average Bonchev–Trinajstić information content (AvgIpc) is 2.70. The van der Waals surface area contributed by atoms with Gasteiger partial charge >= 0.3 is 0 Å². The van der Waals surface area contributed by atoms with Crippen LogP contribution in [0, 0.1) is 0 Å². The first-order valence-electron chi connectivity index (χ1n) is 6.48. The van der Waals surface area contributed by atoms with E-state index in [1.165, 1.54) is 19.3 Å². The van der Waals surface area contributed by atoms with Gasteiger partial charge in [0.1, 0.15) is 5.82 Å². The summed E-state index contributed by atoms with van der Waals surface area (Å²) in [7, 11) is 0. The van der Waals surface area contributed by atoms with E-state index in [4.69, 9.17) is 5.73 Å². The summed E-state index contributed by atoms with van der Waals surface area (Å²) >= 11 is 0. The zero-order valence-electron chi connectivity index (χ0n) is 11.0. The molecule has 0 bridgehead atoms. The summed E-state index contributed by atoms with van der Waals surface area (Å²) in [6.07, 6.45) is 4.67. The third-order valence-electron chi connectivity index (χ3n) is 2.84. The van der Waals surface area contributed by atoms with E-state index in [1.807, 2.05) is 18.2 Å². The van der Waals surface area contributed by atoms with Gasteiger partial charge in [0.15, 0.2) is 0 Å². The zero-order valence-corrected chi connectivity index (χ0v) is 11.0. The van der Waals surface area contributed by atoms with Crippen molar-refractivity contribution in [2.24, 2.45) is 10.7 Å². The Morgan fingerprint density at radius 3 is 2.94 bits per heavy atom. The number of nitrogens with one attached hydrogen (secondary N) is 1. The van der Waals surface area contributed by atoms with Crippen LogP contribution in [-0.4, -0.2) is 15.8 Å². The van der Waals surface area contributed by atoms with Crippen molar-refractivity contribution in [2.45, 2.75) is 39.5 Å². The third kappa shape index (κ3) is 3.09. The maximum Gasteiger partial charge on any atom is 0.107 e. The summed E-state index contributed by atoms with van der Waals surface area (Å²) in [6.45, 7) is 3.99. The number of H-pyrrole nitrogens is 1. The number of rotatable bonds is 5. The average molecular weight is 244 g/mol. The molecule has 0 radical (unpaired) electrons. The van der Waals surface area contributed by atoms with Crippen molar-refractivity contribution in [3.05, 3.63) is 24.0 Å². The van der Waals surface area contributed by atoms with E-state index in [0.29, 0.717) is 5.84 Å². The van der Waals surface area contributed by atoms with E-state index in [9.17, 15) is 0 Å². The van der Waals surface area contributed by atoms with Crippen molar-refractivity contribution in [1.82, 2.24) is 9.97 Å². The second-order valence-electron chi connectivity index (χ2n) is 4.60. The largest absolute Gasteiger partial charge is 0.387 e. The molecule has 0 saturated carbocycles. The van der Waals surface area contributed by atoms with Crippen LogP contribution in [0.15, 0.2) is 23.2 Å². The number of imidazole rings is 1. The Bertz CT molecular complexity index is 550. The van der Waals surface area contributed by atoms with Gasteiger partial charge in [0.2, 0.25) is 0 Å². The molecule has 0 fully saturated rings. The van der Waals surface area contributed by atoms with Gasteiger partial charge in [0.25, 0.3) is 0 Å². The summed E-state index contributed by atoms with van der Waals surface area (Å²) in [4.78, 5) is 12.2. The van der Waals surface area contributed by atoms with Crippen molar-refractivity contribution in [1.29, 1.82) is 0 Å². The van der Waals surface area contributed by atoms with E-state index in [2.05, 4.69) is 21.9 Å². The standard InChI is InChI=1S/C14H20N4/c1-3-4-5-6-14-17-12-8-7-11(16-10(2)15)9-13(12)18-14/h7-9H,3-6H2,1-2H3,(H2,15,16)(H,17,18). The predicted molar refractivity (Wildman–Crippen MR) is 76.3 cm³/mol. The number of unbranched alkanes of at least 4 members (excludes halogenated alkanes) is 2. The minimum atomic E-state index is 0.567. The lowest BCUT2D eigenvalue weighted by Crippen LogP contribution is -2.03. The molecule has 1 aromatic heterocycles. The quantitative estimate of drug-likeness (QED) is 0.481. The molecule has 0 saturated heterocycles. The molecule has 1 heterocycles. The van der Waals surface area contributed by atoms with Crippen molar-refractivity contribution < 1.29 is 0 Å². The fraction of sp³-hybridized carbons (Fsp3) is 0.429. The number of nitrogens with zero attached hydrogens (tertiary/aromatic N) is 2. The Morgan fingerprint density at radius 2 is 2.22 bits per heavy atom. The second-order valence-corrected chi connectivity index (χ2v) is 4.60. The van der Waals surface area contributed by atoms with Gasteiger partial charge in [-0.2, -0.15) is 0 Å². The van der Waals surface area contributed by atoms with E-state index in [-0.39, 0.29) is 0 Å². The molecular weight excluding hydrogens is 224 g/mol. The van der Waals surface area contributed by atoms with Gasteiger partial charge in [0, 0.05) is 6.42 Å². The highest BCUT2D eigenvalue weighted by Crippen LogP contribution is 2.20. The Hall–Kier alpha value is -1.84. The number of fused-ring (bicyclic) bond motifs is 1. The first-order valence-corrected chi connectivity index (χ1v) is 6.48. The Labute approximate surface area is 107 Å². The van der Waals surface area contributed by atoms with Crippen LogP contribution in [0.25, 0.3) is 11.0 Å². The molecule has 0 aliphatic rings. The first kappa shape index (κ1) is 12.6. The number of benzene rings is 1. The van der Waals surface area contributed by atoms with Gasteiger partial charge in [-0.3, -0.25) is 0 Å². The molecular formula is C14H20N4. The lowest BCUT2D eigenvalue weighted by atomic mass is 10.2. The maximum absolute atomic E-state index is 5.58. The highest BCUT2D eigenvalue weighted by Gasteiger charge is 2.03. The lowest BCUT2D eigenvalue weighted by Gasteiger charge is -1.94. The molecule has 2 aromatic rings. The Morgan fingerprint density at radius 1 is 1.39 bits per heavy atom. The van der Waals surface area contributed by atoms with Crippen LogP contribution in [0.1, 0.15) is 38.9 Å². The van der Waals surface area contributed by atoms with Crippen LogP contribution in [0.4, 0.5) is 5.69 Å². The van der Waals surface area contributed by atoms with Gasteiger partial charge in [-0.05, 0) is 31.5 Å².